The second-order valence-electron chi connectivity index (χ2n) is 17.4. The van der Waals surface area contributed by atoms with Crippen LogP contribution in [-0.4, -0.2) is 127 Å². The van der Waals surface area contributed by atoms with Gasteiger partial charge in [0.2, 0.25) is 0 Å². The second-order valence-corrected chi connectivity index (χ2v) is 17.4. The van der Waals surface area contributed by atoms with Crippen molar-refractivity contribution in [2.75, 3.05) is 14.2 Å². The Kier molecular flexibility index (Phi) is 18.0. The van der Waals surface area contributed by atoms with Crippen LogP contribution >= 0.6 is 0 Å². The van der Waals surface area contributed by atoms with Crippen LogP contribution in [0.4, 0.5) is 0 Å². The smallest absolute Gasteiger partial charge is 0.311 e. The van der Waals surface area contributed by atoms with Crippen LogP contribution in [0.5, 0.6) is 0 Å². The molecule has 3 heterocycles. The van der Waals surface area contributed by atoms with Crippen LogP contribution in [0.25, 0.3) is 0 Å². The Hall–Kier alpha value is -2.24. The minimum atomic E-state index is -1.14. The lowest BCUT2D eigenvalue weighted by atomic mass is 9.75. The highest BCUT2D eigenvalue weighted by Gasteiger charge is 2.52. The SMILES string of the molecule is CO[C@H]1C[C@@H](C)O[C@@H](O[C@@H]2[C@@H](C)[C@H](O[C@H]3C[C@@](C)(OC)[C@H](OC(C)=O)[C@H](C)O3)[C@@H](C)C(=O)OC([C@@H](C)[C@H](C)O)[C@H](C)[C@H](OC(C)=O)[C@@H](C)C(=O)[C@@H](C)C[C@@H]2C)[C@@H]1O. The molecule has 3 fully saturated rings. The summed E-state index contributed by atoms with van der Waals surface area (Å²) in [5.41, 5.74) is -1.03. The van der Waals surface area contributed by atoms with E-state index in [0.717, 1.165) is 0 Å². The van der Waals surface area contributed by atoms with E-state index in [2.05, 4.69) is 0 Å². The molecule has 2 N–H and O–H groups in total. The first-order valence-electron chi connectivity index (χ1n) is 20.6. The first kappa shape index (κ1) is 49.1. The summed E-state index contributed by atoms with van der Waals surface area (Å²) in [7, 11) is 3.03. The number of rotatable bonds is 10. The van der Waals surface area contributed by atoms with E-state index in [-0.39, 0.29) is 24.2 Å². The Morgan fingerprint density at radius 1 is 0.825 bits per heavy atom. The molecule has 3 saturated heterocycles. The van der Waals surface area contributed by atoms with E-state index in [9.17, 15) is 29.4 Å². The topological polar surface area (TPSA) is 192 Å². The van der Waals surface area contributed by atoms with Crippen LogP contribution in [0.1, 0.15) is 109 Å². The predicted octanol–water partition coefficient (Wildman–Crippen LogP) is 4.39. The van der Waals surface area contributed by atoms with Crippen LogP contribution in [-0.2, 0) is 61.8 Å². The van der Waals surface area contributed by atoms with Gasteiger partial charge in [0, 0.05) is 64.6 Å². The Labute approximate surface area is 339 Å². The summed E-state index contributed by atoms with van der Waals surface area (Å²) in [5, 5.41) is 22.2. The fourth-order valence-electron chi connectivity index (χ4n) is 9.13. The number of hydrogen-bond donors (Lipinski definition) is 2. The van der Waals surface area contributed by atoms with Crippen molar-refractivity contribution in [2.24, 2.45) is 41.4 Å². The van der Waals surface area contributed by atoms with Gasteiger partial charge < -0.3 is 52.8 Å². The Morgan fingerprint density at radius 3 is 1.98 bits per heavy atom. The van der Waals surface area contributed by atoms with Gasteiger partial charge in [-0.25, -0.2) is 0 Å². The van der Waals surface area contributed by atoms with Gasteiger partial charge in [0.25, 0.3) is 0 Å². The first-order chi connectivity index (χ1) is 26.5. The minimum Gasteiger partial charge on any atom is -0.461 e. The van der Waals surface area contributed by atoms with Gasteiger partial charge in [-0.05, 0) is 47.0 Å². The highest BCUT2D eigenvalue weighted by Crippen LogP contribution is 2.40. The molecule has 3 rings (SSSR count). The maximum atomic E-state index is 14.6. The lowest BCUT2D eigenvalue weighted by Gasteiger charge is -2.48. The number of hydrogen-bond acceptors (Lipinski definition) is 15. The monoisotopic (exact) mass is 816 g/mol. The Bertz CT molecular complexity index is 1340. The van der Waals surface area contributed by atoms with Gasteiger partial charge in [-0.1, -0.05) is 41.5 Å². The molecule has 57 heavy (non-hydrogen) atoms. The lowest BCUT2D eigenvalue weighted by molar-refractivity contribution is -0.313. The van der Waals surface area contributed by atoms with Gasteiger partial charge in [0.1, 0.15) is 29.7 Å². The number of Topliss-reactive ketones (excluding diaryl/α,β-unsaturated/α-hetero) is 1. The molecule has 0 saturated carbocycles. The molecule has 0 bridgehead atoms. The minimum absolute atomic E-state index is 0.127. The number of ketones is 1. The molecule has 0 aliphatic carbocycles. The number of ether oxygens (including phenoxy) is 9. The van der Waals surface area contributed by atoms with E-state index in [1.807, 2.05) is 27.7 Å². The number of carbonyl (C=O) groups excluding carboxylic acids is 4. The zero-order valence-electron chi connectivity index (χ0n) is 36.8. The molecule has 15 heteroatoms. The molecule has 3 aliphatic heterocycles. The number of aliphatic hydroxyl groups is 2. The highest BCUT2D eigenvalue weighted by molar-refractivity contribution is 5.83. The third-order valence-corrected chi connectivity index (χ3v) is 12.7. The van der Waals surface area contributed by atoms with Crippen molar-refractivity contribution in [3.8, 4) is 0 Å². The van der Waals surface area contributed by atoms with E-state index < -0.39 is 127 Å². The first-order valence-corrected chi connectivity index (χ1v) is 20.6. The molecule has 0 radical (unpaired) electrons. The van der Waals surface area contributed by atoms with Crippen molar-refractivity contribution in [1.82, 2.24) is 0 Å². The van der Waals surface area contributed by atoms with E-state index in [1.165, 1.54) is 28.1 Å². The molecular weight excluding hydrogens is 744 g/mol. The van der Waals surface area contributed by atoms with Gasteiger partial charge in [0.05, 0.1) is 48.5 Å². The van der Waals surface area contributed by atoms with Gasteiger partial charge in [-0.2, -0.15) is 0 Å². The Balaban J connectivity index is 2.21. The molecule has 330 valence electrons. The van der Waals surface area contributed by atoms with E-state index in [0.29, 0.717) is 12.8 Å². The molecule has 15 nitrogen and oxygen atoms in total. The lowest BCUT2D eigenvalue weighted by Crippen LogP contribution is -2.59. The maximum absolute atomic E-state index is 14.6. The number of carbonyl (C=O) groups is 4. The molecule has 0 amide bonds. The van der Waals surface area contributed by atoms with Crippen LogP contribution in [0.2, 0.25) is 0 Å². The molecular formula is C42H72O15. The third-order valence-electron chi connectivity index (χ3n) is 12.7. The van der Waals surface area contributed by atoms with Gasteiger partial charge in [0.15, 0.2) is 18.7 Å². The number of aliphatic hydroxyl groups excluding tert-OH is 2. The van der Waals surface area contributed by atoms with Crippen LogP contribution in [0.3, 0.4) is 0 Å². The van der Waals surface area contributed by atoms with Crippen molar-refractivity contribution in [3.05, 3.63) is 0 Å². The second kappa shape index (κ2) is 20.8. The summed E-state index contributed by atoms with van der Waals surface area (Å²) in [6.45, 7) is 22.1. The van der Waals surface area contributed by atoms with Crippen molar-refractivity contribution >= 4 is 23.7 Å². The summed E-state index contributed by atoms with van der Waals surface area (Å²) >= 11 is 0. The highest BCUT2D eigenvalue weighted by atomic mass is 16.7. The van der Waals surface area contributed by atoms with Gasteiger partial charge >= 0.3 is 17.9 Å². The van der Waals surface area contributed by atoms with Crippen molar-refractivity contribution < 1.29 is 72.0 Å². The maximum Gasteiger partial charge on any atom is 0.311 e. The quantitative estimate of drug-likeness (QED) is 0.233. The number of methoxy groups -OCH3 is 2. The molecule has 0 aromatic rings. The van der Waals surface area contributed by atoms with Crippen molar-refractivity contribution in [3.63, 3.8) is 0 Å². The zero-order chi connectivity index (χ0) is 43.3. The third kappa shape index (κ3) is 12.0. The van der Waals surface area contributed by atoms with Crippen molar-refractivity contribution in [2.45, 2.75) is 188 Å². The van der Waals surface area contributed by atoms with E-state index >= 15 is 0 Å². The molecule has 3 aliphatic rings. The average molecular weight is 817 g/mol. The normalized spacial score (nSPS) is 43.9. The molecule has 0 aromatic carbocycles. The summed E-state index contributed by atoms with van der Waals surface area (Å²) in [6, 6.07) is 0. The largest absolute Gasteiger partial charge is 0.461 e. The summed E-state index contributed by atoms with van der Waals surface area (Å²) in [4.78, 5) is 53.4. The molecule has 0 spiro atoms. The summed E-state index contributed by atoms with van der Waals surface area (Å²) in [5.74, 6) is -6.55. The van der Waals surface area contributed by atoms with Crippen LogP contribution in [0, 0.1) is 41.4 Å². The van der Waals surface area contributed by atoms with Crippen LogP contribution in [0.15, 0.2) is 0 Å². The Morgan fingerprint density at radius 2 is 1.44 bits per heavy atom. The van der Waals surface area contributed by atoms with E-state index in [1.54, 1.807) is 48.5 Å². The average Bonchev–Trinajstić information content (AvgIpc) is 3.14. The predicted molar refractivity (Wildman–Crippen MR) is 206 cm³/mol. The summed E-state index contributed by atoms with van der Waals surface area (Å²) in [6.07, 6.45) is -9.24. The van der Waals surface area contributed by atoms with Gasteiger partial charge in [-0.3, -0.25) is 19.2 Å². The van der Waals surface area contributed by atoms with Gasteiger partial charge in [-0.15, -0.1) is 0 Å². The van der Waals surface area contributed by atoms with Crippen LogP contribution < -0.4 is 0 Å². The number of cyclic esters (lactones) is 1. The number of esters is 3. The summed E-state index contributed by atoms with van der Waals surface area (Å²) < 4.78 is 55.4. The molecule has 1 unspecified atom stereocenters. The fraction of sp³-hybridized carbons (Fsp3) is 0.905. The van der Waals surface area contributed by atoms with Crippen molar-refractivity contribution in [1.29, 1.82) is 0 Å². The zero-order valence-corrected chi connectivity index (χ0v) is 36.8. The molecule has 0 aromatic heterocycles. The van der Waals surface area contributed by atoms with E-state index in [4.69, 9.17) is 42.6 Å². The fourth-order valence-corrected chi connectivity index (χ4v) is 9.13. The standard InChI is InChI=1S/C42H72O15/c1-19-16-20(2)35(57-41-34(47)31(49-14)17-21(3)51-41)24(6)38(55-32-18-42(13,50-15)39(28(10)52-32)54-30(12)45)26(8)40(48)56-36(22(4)27(9)43)25(7)37(53-29(11)44)23(5)33(19)46/h19-28,31-32,34-39,41,43,47H,16-18H2,1-15H3/t19-,20-,21+,22-,23-,24+,25-,26+,27-,28-,31-,32-,34+,35-,36?,37+,38-,39+,41-,42+/m0/s1. The molecule has 20 atom stereocenters.